The van der Waals surface area contributed by atoms with Gasteiger partial charge in [0, 0.05) is 12.6 Å². The molecule has 0 aromatic heterocycles. The molecule has 0 aliphatic heterocycles. The highest BCUT2D eigenvalue weighted by molar-refractivity contribution is 4.75. The molecule has 0 bridgehead atoms. The van der Waals surface area contributed by atoms with Gasteiger partial charge in [-0.2, -0.15) is 0 Å². The Morgan fingerprint density at radius 3 is 2.44 bits per heavy atom. The first-order chi connectivity index (χ1) is 7.63. The van der Waals surface area contributed by atoms with Crippen LogP contribution in [-0.2, 0) is 0 Å². The normalized spacial score (nSPS) is 23.2. The average Bonchev–Trinajstić information content (AvgIpc) is 2.77. The third kappa shape index (κ3) is 4.84. The van der Waals surface area contributed by atoms with E-state index in [0.29, 0.717) is 12.0 Å². The minimum absolute atomic E-state index is 0.184. The second-order valence-electron chi connectivity index (χ2n) is 5.65. The van der Waals surface area contributed by atoms with E-state index in [1.165, 1.54) is 32.1 Å². The van der Waals surface area contributed by atoms with E-state index in [1.807, 2.05) is 0 Å². The lowest BCUT2D eigenvalue weighted by atomic mass is 9.98. The van der Waals surface area contributed by atoms with Crippen LogP contribution in [0, 0.1) is 11.8 Å². The maximum Gasteiger partial charge on any atom is 0.0690 e. The van der Waals surface area contributed by atoms with E-state index in [-0.39, 0.29) is 6.10 Å². The molecule has 2 nitrogen and oxygen atoms in total. The molecule has 2 N–H and O–H groups in total. The van der Waals surface area contributed by atoms with Gasteiger partial charge in [0.1, 0.15) is 0 Å². The van der Waals surface area contributed by atoms with Gasteiger partial charge in [-0.3, -0.25) is 0 Å². The van der Waals surface area contributed by atoms with Crippen molar-refractivity contribution in [1.29, 1.82) is 0 Å². The summed E-state index contributed by atoms with van der Waals surface area (Å²) in [4.78, 5) is 0. The van der Waals surface area contributed by atoms with Gasteiger partial charge in [0.05, 0.1) is 6.10 Å². The van der Waals surface area contributed by atoms with Crippen molar-refractivity contribution in [2.45, 2.75) is 71.4 Å². The van der Waals surface area contributed by atoms with Crippen molar-refractivity contribution in [1.82, 2.24) is 5.32 Å². The molecule has 1 aliphatic rings. The zero-order valence-electron chi connectivity index (χ0n) is 11.2. The van der Waals surface area contributed by atoms with Gasteiger partial charge in [-0.1, -0.05) is 46.0 Å². The van der Waals surface area contributed by atoms with E-state index in [4.69, 9.17) is 0 Å². The van der Waals surface area contributed by atoms with E-state index >= 15 is 0 Å². The minimum Gasteiger partial charge on any atom is -0.392 e. The fraction of sp³-hybridized carbons (Fsp3) is 1.00. The maximum absolute atomic E-state index is 9.86. The van der Waals surface area contributed by atoms with Crippen LogP contribution in [0.4, 0.5) is 0 Å². The Labute approximate surface area is 101 Å². The van der Waals surface area contributed by atoms with Gasteiger partial charge in [-0.25, -0.2) is 0 Å². The van der Waals surface area contributed by atoms with Crippen molar-refractivity contribution in [3.8, 4) is 0 Å². The molecule has 0 spiro atoms. The quantitative estimate of drug-likeness (QED) is 0.701. The third-order valence-corrected chi connectivity index (χ3v) is 4.14. The molecule has 0 aromatic carbocycles. The van der Waals surface area contributed by atoms with Crippen molar-refractivity contribution in [2.75, 3.05) is 6.54 Å². The lowest BCUT2D eigenvalue weighted by molar-refractivity contribution is 0.109. The van der Waals surface area contributed by atoms with Crippen molar-refractivity contribution < 1.29 is 5.11 Å². The van der Waals surface area contributed by atoms with Crippen molar-refractivity contribution in [3.63, 3.8) is 0 Å². The molecule has 0 heterocycles. The molecule has 96 valence electrons. The minimum atomic E-state index is -0.184. The summed E-state index contributed by atoms with van der Waals surface area (Å²) in [6.07, 6.45) is 7.84. The highest BCUT2D eigenvalue weighted by atomic mass is 16.3. The summed E-state index contributed by atoms with van der Waals surface area (Å²) in [6, 6.07) is 0.557. The predicted molar refractivity (Wildman–Crippen MR) is 69.5 cm³/mol. The molecule has 1 saturated carbocycles. The number of nitrogens with one attached hydrogen (secondary N) is 1. The summed E-state index contributed by atoms with van der Waals surface area (Å²) in [5.74, 6) is 1.34. The van der Waals surface area contributed by atoms with E-state index in [0.717, 1.165) is 18.9 Å². The van der Waals surface area contributed by atoms with Crippen molar-refractivity contribution in [3.05, 3.63) is 0 Å². The van der Waals surface area contributed by atoms with Crippen LogP contribution < -0.4 is 5.32 Å². The summed E-state index contributed by atoms with van der Waals surface area (Å²) in [5, 5.41) is 13.3. The van der Waals surface area contributed by atoms with Gasteiger partial charge < -0.3 is 10.4 Å². The van der Waals surface area contributed by atoms with Crippen LogP contribution in [0.2, 0.25) is 0 Å². The first kappa shape index (κ1) is 14.0. The molecule has 0 saturated heterocycles. The summed E-state index contributed by atoms with van der Waals surface area (Å²) in [7, 11) is 0. The predicted octanol–water partition coefficient (Wildman–Crippen LogP) is 2.95. The molecule has 2 heteroatoms. The lowest BCUT2D eigenvalue weighted by Gasteiger charge is -2.22. The molecule has 1 fully saturated rings. The Morgan fingerprint density at radius 1 is 1.25 bits per heavy atom. The van der Waals surface area contributed by atoms with Crippen molar-refractivity contribution >= 4 is 0 Å². The Bertz CT molecular complexity index is 178. The molecular weight excluding hydrogens is 198 g/mol. The summed E-state index contributed by atoms with van der Waals surface area (Å²) in [6.45, 7) is 7.26. The number of rotatable bonds is 7. The SMILES string of the molecule is CCC(C)C(O)CNC(C)CC1CCCC1. The molecule has 3 unspecified atom stereocenters. The topological polar surface area (TPSA) is 32.3 Å². The van der Waals surface area contributed by atoms with Crippen molar-refractivity contribution in [2.24, 2.45) is 11.8 Å². The molecule has 1 aliphatic carbocycles. The average molecular weight is 227 g/mol. The molecule has 0 aromatic rings. The number of hydrogen-bond donors (Lipinski definition) is 2. The number of aliphatic hydroxyl groups is 1. The van der Waals surface area contributed by atoms with E-state index in [2.05, 4.69) is 26.1 Å². The second kappa shape index (κ2) is 7.29. The molecule has 1 rings (SSSR count). The number of hydrogen-bond acceptors (Lipinski definition) is 2. The third-order valence-electron chi connectivity index (χ3n) is 4.14. The fourth-order valence-electron chi connectivity index (χ4n) is 2.62. The monoisotopic (exact) mass is 227 g/mol. The number of aliphatic hydroxyl groups excluding tert-OH is 1. The molecule has 3 atom stereocenters. The molecule has 16 heavy (non-hydrogen) atoms. The fourth-order valence-corrected chi connectivity index (χ4v) is 2.62. The second-order valence-corrected chi connectivity index (χ2v) is 5.65. The Balaban J connectivity index is 2.11. The van der Waals surface area contributed by atoms with Crippen LogP contribution in [0.15, 0.2) is 0 Å². The van der Waals surface area contributed by atoms with E-state index < -0.39 is 0 Å². The first-order valence-corrected chi connectivity index (χ1v) is 7.05. The van der Waals surface area contributed by atoms with E-state index in [1.54, 1.807) is 0 Å². The van der Waals surface area contributed by atoms with E-state index in [9.17, 15) is 5.11 Å². The lowest BCUT2D eigenvalue weighted by Crippen LogP contribution is -2.37. The highest BCUT2D eigenvalue weighted by Crippen LogP contribution is 2.28. The molecule has 0 radical (unpaired) electrons. The summed E-state index contributed by atoms with van der Waals surface area (Å²) >= 11 is 0. The largest absolute Gasteiger partial charge is 0.392 e. The van der Waals surface area contributed by atoms with Crippen LogP contribution in [0.3, 0.4) is 0 Å². The Hall–Kier alpha value is -0.0800. The van der Waals surface area contributed by atoms with Crippen LogP contribution >= 0.6 is 0 Å². The zero-order valence-corrected chi connectivity index (χ0v) is 11.2. The van der Waals surface area contributed by atoms with Gasteiger partial charge in [-0.15, -0.1) is 0 Å². The van der Waals surface area contributed by atoms with Gasteiger partial charge in [-0.05, 0) is 25.2 Å². The Morgan fingerprint density at radius 2 is 1.88 bits per heavy atom. The van der Waals surface area contributed by atoms with Crippen LogP contribution in [-0.4, -0.2) is 23.8 Å². The smallest absolute Gasteiger partial charge is 0.0690 e. The highest BCUT2D eigenvalue weighted by Gasteiger charge is 2.18. The first-order valence-electron chi connectivity index (χ1n) is 7.05. The standard InChI is InChI=1S/C14H29NO/c1-4-11(2)14(16)10-15-12(3)9-13-7-5-6-8-13/h11-16H,4-10H2,1-3H3. The van der Waals surface area contributed by atoms with Gasteiger partial charge in [0.15, 0.2) is 0 Å². The van der Waals surface area contributed by atoms with Gasteiger partial charge in [0.25, 0.3) is 0 Å². The van der Waals surface area contributed by atoms with Crippen LogP contribution in [0.25, 0.3) is 0 Å². The molecule has 0 amide bonds. The Kier molecular flexibility index (Phi) is 6.37. The maximum atomic E-state index is 9.86. The summed E-state index contributed by atoms with van der Waals surface area (Å²) in [5.41, 5.74) is 0. The van der Waals surface area contributed by atoms with Crippen LogP contribution in [0.5, 0.6) is 0 Å². The molecular formula is C14H29NO. The zero-order chi connectivity index (χ0) is 12.0. The van der Waals surface area contributed by atoms with Gasteiger partial charge >= 0.3 is 0 Å². The van der Waals surface area contributed by atoms with Crippen LogP contribution in [0.1, 0.15) is 59.3 Å². The van der Waals surface area contributed by atoms with Gasteiger partial charge in [0.2, 0.25) is 0 Å². The summed E-state index contributed by atoms with van der Waals surface area (Å²) < 4.78 is 0.